The normalized spacial score (nSPS) is 12.1. The van der Waals surface area contributed by atoms with Crippen LogP contribution in [0.15, 0.2) is 46.0 Å². The number of carbonyl (C=O) groups excluding carboxylic acids is 1. The molecule has 112 valence electrons. The van der Waals surface area contributed by atoms with Crippen LogP contribution in [0.5, 0.6) is 0 Å². The number of aliphatic hydroxyl groups is 1. The first kappa shape index (κ1) is 16.8. The zero-order valence-corrected chi connectivity index (χ0v) is 12.6. The first-order valence-electron chi connectivity index (χ1n) is 5.81. The molecule has 0 aliphatic carbocycles. The van der Waals surface area contributed by atoms with E-state index in [1.54, 1.807) is 6.92 Å². The van der Waals surface area contributed by atoms with Crippen LogP contribution in [-0.2, 0) is 9.53 Å². The maximum Gasteiger partial charge on any atom is 0.362 e. The fourth-order valence-electron chi connectivity index (χ4n) is 1.23. The first-order chi connectivity index (χ1) is 9.99. The molecule has 0 bridgehead atoms. The first-order valence-corrected chi connectivity index (χ1v) is 6.93. The van der Waals surface area contributed by atoms with Gasteiger partial charge in [-0.05, 0) is 19.1 Å². The Balaban J connectivity index is 2.98. The zero-order valence-electron chi connectivity index (χ0n) is 11.0. The number of rotatable bonds is 6. The van der Waals surface area contributed by atoms with Crippen molar-refractivity contribution in [2.24, 2.45) is 10.2 Å². The smallest absolute Gasteiger partial charge is 0.362 e. The Hall–Kier alpha value is -2.29. The van der Waals surface area contributed by atoms with E-state index in [1.165, 1.54) is 24.3 Å². The third-order valence-electron chi connectivity index (χ3n) is 2.19. The second-order valence-electron chi connectivity index (χ2n) is 3.62. The lowest BCUT2D eigenvalue weighted by Gasteiger charge is -2.03. The Labute approximate surface area is 128 Å². The van der Waals surface area contributed by atoms with Crippen molar-refractivity contribution in [2.75, 3.05) is 11.9 Å². The monoisotopic (exact) mass is 357 g/mol. The van der Waals surface area contributed by atoms with Crippen molar-refractivity contribution >= 4 is 33.3 Å². The van der Waals surface area contributed by atoms with Gasteiger partial charge in [0, 0.05) is 12.1 Å². The molecule has 21 heavy (non-hydrogen) atoms. The van der Waals surface area contributed by atoms with E-state index in [-0.39, 0.29) is 29.1 Å². The van der Waals surface area contributed by atoms with E-state index in [0.717, 1.165) is 0 Å². The number of hydrogen-bond acceptors (Lipinski definition) is 7. The van der Waals surface area contributed by atoms with Crippen LogP contribution in [-0.4, -0.2) is 27.9 Å². The molecule has 1 rings (SSSR count). The lowest BCUT2D eigenvalue weighted by molar-refractivity contribution is -0.384. The molecule has 0 fully saturated rings. The number of halogens is 1. The Morgan fingerprint density at radius 2 is 2.05 bits per heavy atom. The molecule has 1 aromatic rings. The molecule has 0 saturated carbocycles. The third kappa shape index (κ3) is 4.95. The Morgan fingerprint density at radius 1 is 1.43 bits per heavy atom. The van der Waals surface area contributed by atoms with E-state index >= 15 is 0 Å². The van der Waals surface area contributed by atoms with Crippen molar-refractivity contribution in [3.63, 3.8) is 0 Å². The maximum absolute atomic E-state index is 11.6. The number of carbonyl (C=O) groups is 1. The lowest BCUT2D eigenvalue weighted by atomic mass is 10.3. The number of nitro benzene ring substituents is 1. The summed E-state index contributed by atoms with van der Waals surface area (Å²) in [4.78, 5) is 21.6. The Bertz CT molecular complexity index is 583. The minimum absolute atomic E-state index is 0.0143. The minimum atomic E-state index is -0.805. The molecule has 9 heteroatoms. The molecule has 8 nitrogen and oxygen atoms in total. The summed E-state index contributed by atoms with van der Waals surface area (Å²) in [5.41, 5.74) is -0.115. The molecule has 1 N–H and O–H groups in total. The number of aliphatic hydroxyl groups excluding tert-OH is 1. The van der Waals surface area contributed by atoms with Gasteiger partial charge in [0.2, 0.25) is 5.70 Å². The molecule has 0 heterocycles. The van der Waals surface area contributed by atoms with Crippen molar-refractivity contribution in [3.05, 3.63) is 45.8 Å². The van der Waals surface area contributed by atoms with E-state index in [0.29, 0.717) is 5.69 Å². The quantitative estimate of drug-likeness (QED) is 0.159. The van der Waals surface area contributed by atoms with Crippen molar-refractivity contribution < 1.29 is 19.6 Å². The van der Waals surface area contributed by atoms with Gasteiger partial charge in [-0.15, -0.1) is 5.11 Å². The number of benzene rings is 1. The number of alkyl halides is 1. The predicted octanol–water partition coefficient (Wildman–Crippen LogP) is 3.41. The van der Waals surface area contributed by atoms with E-state index in [1.807, 2.05) is 0 Å². The Morgan fingerprint density at radius 3 is 2.52 bits per heavy atom. The summed E-state index contributed by atoms with van der Waals surface area (Å²) in [5, 5.41) is 27.5. The number of esters is 1. The van der Waals surface area contributed by atoms with Crippen molar-refractivity contribution in [3.8, 4) is 0 Å². The van der Waals surface area contributed by atoms with E-state index in [4.69, 9.17) is 4.74 Å². The van der Waals surface area contributed by atoms with Crippen LogP contribution in [0.25, 0.3) is 0 Å². The van der Waals surface area contributed by atoms with Crippen LogP contribution < -0.4 is 0 Å². The Kier molecular flexibility index (Phi) is 6.47. The van der Waals surface area contributed by atoms with Crippen LogP contribution in [0, 0.1) is 10.1 Å². The average Bonchev–Trinajstić information content (AvgIpc) is 2.47. The molecule has 0 amide bonds. The van der Waals surface area contributed by atoms with Gasteiger partial charge in [-0.25, -0.2) is 4.79 Å². The maximum atomic E-state index is 11.6. The highest BCUT2D eigenvalue weighted by molar-refractivity contribution is 9.09. The second-order valence-corrected chi connectivity index (χ2v) is 4.18. The van der Waals surface area contributed by atoms with Crippen LogP contribution in [0.2, 0.25) is 0 Å². The standard InChI is InChI=1S/C12H12BrN3O5/c1-2-21-12(18)11(10(17)7-13)15-14-8-3-5-9(6-4-8)16(19)20/h3-6,17H,2,7H2,1H3. The number of nitro groups is 1. The van der Waals surface area contributed by atoms with Gasteiger partial charge in [-0.3, -0.25) is 10.1 Å². The summed E-state index contributed by atoms with van der Waals surface area (Å²) in [6.45, 7) is 1.75. The molecule has 0 aliphatic rings. The van der Waals surface area contributed by atoms with Gasteiger partial charge in [-0.2, -0.15) is 5.11 Å². The summed E-state index contributed by atoms with van der Waals surface area (Å²) < 4.78 is 4.75. The third-order valence-corrected chi connectivity index (χ3v) is 2.73. The summed E-state index contributed by atoms with van der Waals surface area (Å²) in [6, 6.07) is 5.25. The van der Waals surface area contributed by atoms with Crippen LogP contribution in [0.4, 0.5) is 11.4 Å². The summed E-state index contributed by atoms with van der Waals surface area (Å²) >= 11 is 2.99. The molecule has 0 aromatic heterocycles. The van der Waals surface area contributed by atoms with Crippen molar-refractivity contribution in [2.45, 2.75) is 6.92 Å². The second kappa shape index (κ2) is 8.10. The highest BCUT2D eigenvalue weighted by Gasteiger charge is 2.16. The molecule has 0 unspecified atom stereocenters. The van der Waals surface area contributed by atoms with E-state index < -0.39 is 10.9 Å². The van der Waals surface area contributed by atoms with Crippen LogP contribution in [0.3, 0.4) is 0 Å². The minimum Gasteiger partial charge on any atom is -0.509 e. The van der Waals surface area contributed by atoms with Gasteiger partial charge < -0.3 is 9.84 Å². The summed E-state index contributed by atoms with van der Waals surface area (Å²) in [6.07, 6.45) is 0. The van der Waals surface area contributed by atoms with Gasteiger partial charge >= 0.3 is 5.97 Å². The lowest BCUT2D eigenvalue weighted by Crippen LogP contribution is -2.09. The van der Waals surface area contributed by atoms with Crippen molar-refractivity contribution in [1.29, 1.82) is 0 Å². The molecule has 0 spiro atoms. The fourth-order valence-corrected chi connectivity index (χ4v) is 1.49. The van der Waals surface area contributed by atoms with E-state index in [9.17, 15) is 20.0 Å². The average molecular weight is 358 g/mol. The topological polar surface area (TPSA) is 114 Å². The van der Waals surface area contributed by atoms with E-state index in [2.05, 4.69) is 26.2 Å². The number of nitrogens with zero attached hydrogens (tertiary/aromatic N) is 3. The number of azo groups is 1. The summed E-state index contributed by atoms with van der Waals surface area (Å²) in [7, 11) is 0. The predicted molar refractivity (Wildman–Crippen MR) is 77.7 cm³/mol. The number of ether oxygens (including phenoxy) is 1. The number of hydrogen-bond donors (Lipinski definition) is 1. The highest BCUT2D eigenvalue weighted by Crippen LogP contribution is 2.20. The van der Waals surface area contributed by atoms with Gasteiger partial charge in [0.15, 0.2) is 0 Å². The highest BCUT2D eigenvalue weighted by atomic mass is 79.9. The molecule has 1 aromatic carbocycles. The SMILES string of the molecule is CCOC(=O)C(N=Nc1ccc([N+](=O)[O-])cc1)=C(O)CBr. The van der Waals surface area contributed by atoms with Gasteiger partial charge in [0.25, 0.3) is 5.69 Å². The molecular formula is C12H12BrN3O5. The largest absolute Gasteiger partial charge is 0.509 e. The molecular weight excluding hydrogens is 346 g/mol. The molecule has 0 saturated heterocycles. The van der Waals surface area contributed by atoms with Gasteiger partial charge in [0.05, 0.1) is 22.5 Å². The number of non-ortho nitro benzene ring substituents is 1. The molecule has 0 atom stereocenters. The molecule has 0 aliphatic heterocycles. The van der Waals surface area contributed by atoms with Gasteiger partial charge in [0.1, 0.15) is 5.76 Å². The van der Waals surface area contributed by atoms with Crippen molar-refractivity contribution in [1.82, 2.24) is 0 Å². The van der Waals surface area contributed by atoms with Crippen LogP contribution in [0.1, 0.15) is 6.92 Å². The van der Waals surface area contributed by atoms with Gasteiger partial charge in [-0.1, -0.05) is 15.9 Å². The van der Waals surface area contributed by atoms with Crippen LogP contribution >= 0.6 is 15.9 Å². The fraction of sp³-hybridized carbons (Fsp3) is 0.250. The molecule has 0 radical (unpaired) electrons. The summed E-state index contributed by atoms with van der Waals surface area (Å²) in [5.74, 6) is -1.13. The zero-order chi connectivity index (χ0) is 15.8. The number of allylic oxidation sites excluding steroid dienone is 1.